The molecule has 280 valence electrons. The fourth-order valence-corrected chi connectivity index (χ4v) is 7.66. The minimum absolute atomic E-state index is 0.305. The zero-order valence-corrected chi connectivity index (χ0v) is 32.9. The smallest absolute Gasteiger partial charge is 0.118 e. The van der Waals surface area contributed by atoms with Gasteiger partial charge in [0.2, 0.25) is 0 Å². The van der Waals surface area contributed by atoms with Crippen LogP contribution in [0.4, 0.5) is 0 Å². The molecule has 0 bridgehead atoms. The van der Waals surface area contributed by atoms with Crippen LogP contribution in [0.1, 0.15) is 235 Å². The van der Waals surface area contributed by atoms with Gasteiger partial charge in [0.05, 0.1) is 0 Å². The lowest BCUT2D eigenvalue weighted by atomic mass is 9.84. The molecule has 0 atom stereocenters. The molecule has 0 saturated heterocycles. The number of hydrogen-bond acceptors (Lipinski definition) is 2. The van der Waals surface area contributed by atoms with Crippen LogP contribution in [0.15, 0.2) is 36.4 Å². The molecule has 2 aromatic rings. The normalized spacial score (nSPS) is 11.6. The number of benzene rings is 2. The quantitative estimate of drug-likeness (QED) is 0.0739. The predicted molar refractivity (Wildman–Crippen MR) is 216 cm³/mol. The van der Waals surface area contributed by atoms with E-state index in [1.165, 1.54) is 178 Å². The molecule has 2 aromatic carbocycles. The van der Waals surface area contributed by atoms with Crippen molar-refractivity contribution in [3.05, 3.63) is 58.7 Å². The first-order chi connectivity index (χ1) is 24.1. The monoisotopic (exact) mass is 677 g/mol. The first-order valence-corrected chi connectivity index (χ1v) is 21.7. The van der Waals surface area contributed by atoms with Crippen LogP contribution in [-0.4, -0.2) is 10.2 Å². The summed E-state index contributed by atoms with van der Waals surface area (Å²) in [5, 5.41) is 21.6. The Kier molecular flexibility index (Phi) is 26.2. The van der Waals surface area contributed by atoms with Gasteiger partial charge in [0, 0.05) is 5.92 Å². The van der Waals surface area contributed by atoms with Crippen molar-refractivity contribution in [3.8, 4) is 11.5 Å². The van der Waals surface area contributed by atoms with Gasteiger partial charge in [-0.15, -0.1) is 0 Å². The third kappa shape index (κ3) is 20.5. The van der Waals surface area contributed by atoms with E-state index in [9.17, 15) is 10.2 Å². The van der Waals surface area contributed by atoms with E-state index in [0.717, 1.165) is 43.2 Å². The van der Waals surface area contributed by atoms with Gasteiger partial charge in [0.15, 0.2) is 0 Å². The van der Waals surface area contributed by atoms with Crippen LogP contribution >= 0.6 is 0 Å². The highest BCUT2D eigenvalue weighted by Gasteiger charge is 2.18. The Hall–Kier alpha value is -1.96. The lowest BCUT2D eigenvalue weighted by Crippen LogP contribution is -2.04. The molecule has 0 amide bonds. The summed E-state index contributed by atoms with van der Waals surface area (Å²) in [7, 11) is 0. The number of aromatic hydroxyl groups is 2. The summed E-state index contributed by atoms with van der Waals surface area (Å²) in [6, 6.07) is 12.9. The van der Waals surface area contributed by atoms with E-state index in [4.69, 9.17) is 0 Å². The van der Waals surface area contributed by atoms with E-state index >= 15 is 0 Å². The van der Waals surface area contributed by atoms with Gasteiger partial charge in [-0.2, -0.15) is 0 Å². The van der Waals surface area contributed by atoms with E-state index in [0.29, 0.717) is 17.4 Å². The largest absolute Gasteiger partial charge is 0.508 e. The number of unbranched alkanes of at least 4 members (excludes halogenated alkanes) is 25. The zero-order valence-electron chi connectivity index (χ0n) is 32.9. The molecule has 0 fully saturated rings. The second-order valence-corrected chi connectivity index (χ2v) is 15.5. The fraction of sp³-hybridized carbons (Fsp3) is 0.745. The van der Waals surface area contributed by atoms with Gasteiger partial charge < -0.3 is 10.2 Å². The summed E-state index contributed by atoms with van der Waals surface area (Å²) in [6.45, 7) is 6.85. The first kappa shape index (κ1) is 43.2. The highest BCUT2D eigenvalue weighted by molar-refractivity contribution is 5.44. The van der Waals surface area contributed by atoms with Crippen LogP contribution in [0, 0.1) is 0 Å². The Morgan fingerprint density at radius 1 is 0.367 bits per heavy atom. The summed E-state index contributed by atoms with van der Waals surface area (Å²) in [5.74, 6) is 1.21. The Balaban J connectivity index is 1.95. The molecule has 0 heterocycles. The molecule has 0 unspecified atom stereocenters. The van der Waals surface area contributed by atoms with Gasteiger partial charge in [-0.05, 0) is 66.5 Å². The van der Waals surface area contributed by atoms with Crippen LogP contribution in [0.5, 0.6) is 11.5 Å². The lowest BCUT2D eigenvalue weighted by molar-refractivity contribution is 0.464. The molecule has 2 N–H and O–H groups in total. The highest BCUT2D eigenvalue weighted by Crippen LogP contribution is 2.36. The summed E-state index contributed by atoms with van der Waals surface area (Å²) in [5.41, 5.74) is 4.88. The average Bonchev–Trinajstić information content (AvgIpc) is 3.11. The number of aryl methyl sites for hydroxylation is 2. The summed E-state index contributed by atoms with van der Waals surface area (Å²) in [6.07, 6.45) is 40.4. The SMILES string of the molecule is CCCCCCCCCCCCCCCCC(c1ccc(O)c(CCCCCCCCC)c1)c1ccc(O)c(CCCCCCCCC)c1. The van der Waals surface area contributed by atoms with Gasteiger partial charge in [-0.3, -0.25) is 0 Å². The molecule has 0 aliphatic rings. The first-order valence-electron chi connectivity index (χ1n) is 21.7. The summed E-state index contributed by atoms with van der Waals surface area (Å²) < 4.78 is 0. The van der Waals surface area contributed by atoms with Gasteiger partial charge in [0.25, 0.3) is 0 Å². The number of phenolic OH excluding ortho intramolecular Hbond substituents is 2. The second-order valence-electron chi connectivity index (χ2n) is 15.5. The van der Waals surface area contributed by atoms with Crippen molar-refractivity contribution < 1.29 is 10.2 Å². The van der Waals surface area contributed by atoms with E-state index in [1.54, 1.807) is 0 Å². The molecule has 2 nitrogen and oxygen atoms in total. The minimum Gasteiger partial charge on any atom is -0.508 e. The van der Waals surface area contributed by atoms with Crippen molar-refractivity contribution in [2.75, 3.05) is 0 Å². The molecule has 0 radical (unpaired) electrons. The maximum atomic E-state index is 10.8. The van der Waals surface area contributed by atoms with Crippen LogP contribution < -0.4 is 0 Å². The Bertz CT molecular complexity index is 975. The van der Waals surface area contributed by atoms with Gasteiger partial charge >= 0.3 is 0 Å². The molecule has 0 aromatic heterocycles. The fourth-order valence-electron chi connectivity index (χ4n) is 7.66. The Morgan fingerprint density at radius 2 is 0.653 bits per heavy atom. The van der Waals surface area contributed by atoms with E-state index in [-0.39, 0.29) is 0 Å². The van der Waals surface area contributed by atoms with Crippen LogP contribution in [-0.2, 0) is 12.8 Å². The third-order valence-corrected chi connectivity index (χ3v) is 11.0. The van der Waals surface area contributed by atoms with Gasteiger partial charge in [-0.1, -0.05) is 212 Å². The molecule has 0 spiro atoms. The standard InChI is InChI=1S/C47H80O2/c1-4-7-10-13-16-17-18-19-20-21-22-25-28-31-34-45(41-35-37-46(48)43(39-41)32-29-26-23-14-11-8-5-2)42-36-38-47(49)44(40-42)33-30-27-24-15-12-9-6-3/h35-40,45,48-49H,4-34H2,1-3H3. The number of rotatable bonds is 33. The van der Waals surface area contributed by atoms with Crippen molar-refractivity contribution in [2.45, 2.75) is 226 Å². The molecule has 2 rings (SSSR count). The predicted octanol–water partition coefficient (Wildman–Crippen LogP) is 15.7. The van der Waals surface area contributed by atoms with E-state index < -0.39 is 0 Å². The second kappa shape index (κ2) is 29.7. The van der Waals surface area contributed by atoms with Crippen molar-refractivity contribution in [1.29, 1.82) is 0 Å². The molecule has 0 saturated carbocycles. The lowest BCUT2D eigenvalue weighted by Gasteiger charge is -2.21. The maximum absolute atomic E-state index is 10.8. The average molecular weight is 677 g/mol. The van der Waals surface area contributed by atoms with E-state index in [2.05, 4.69) is 45.0 Å². The molecule has 0 aliphatic heterocycles. The summed E-state index contributed by atoms with van der Waals surface area (Å²) >= 11 is 0. The van der Waals surface area contributed by atoms with Crippen molar-refractivity contribution in [1.82, 2.24) is 0 Å². The van der Waals surface area contributed by atoms with Crippen LogP contribution in [0.2, 0.25) is 0 Å². The zero-order chi connectivity index (χ0) is 35.2. The molecular formula is C47H80O2. The van der Waals surface area contributed by atoms with E-state index in [1.807, 2.05) is 12.1 Å². The van der Waals surface area contributed by atoms with Crippen molar-refractivity contribution in [2.24, 2.45) is 0 Å². The molecular weight excluding hydrogens is 597 g/mol. The topological polar surface area (TPSA) is 40.5 Å². The van der Waals surface area contributed by atoms with Gasteiger partial charge in [-0.25, -0.2) is 0 Å². The van der Waals surface area contributed by atoms with Crippen LogP contribution in [0.3, 0.4) is 0 Å². The summed E-state index contributed by atoms with van der Waals surface area (Å²) in [4.78, 5) is 0. The van der Waals surface area contributed by atoms with Crippen molar-refractivity contribution >= 4 is 0 Å². The van der Waals surface area contributed by atoms with Gasteiger partial charge in [0.1, 0.15) is 11.5 Å². The number of phenols is 2. The van der Waals surface area contributed by atoms with Crippen molar-refractivity contribution in [3.63, 3.8) is 0 Å². The molecule has 0 aliphatic carbocycles. The number of hydrogen-bond donors (Lipinski definition) is 2. The minimum atomic E-state index is 0.305. The molecule has 2 heteroatoms. The highest BCUT2D eigenvalue weighted by atomic mass is 16.3. The Labute approximate surface area is 305 Å². The van der Waals surface area contributed by atoms with Crippen LogP contribution in [0.25, 0.3) is 0 Å². The maximum Gasteiger partial charge on any atom is 0.118 e. The Morgan fingerprint density at radius 3 is 0.980 bits per heavy atom. The molecule has 49 heavy (non-hydrogen) atoms. The third-order valence-electron chi connectivity index (χ3n) is 11.0.